The lowest BCUT2D eigenvalue weighted by Crippen LogP contribution is -2.25. The first kappa shape index (κ1) is 14.3. The van der Waals surface area contributed by atoms with Gasteiger partial charge < -0.3 is 5.32 Å². The summed E-state index contributed by atoms with van der Waals surface area (Å²) >= 11 is 0. The topological polar surface area (TPSA) is 28.2 Å². The Morgan fingerprint density at radius 2 is 2.32 bits per heavy atom. The van der Waals surface area contributed by atoms with Crippen LogP contribution < -0.4 is 5.32 Å². The maximum Gasteiger partial charge on any atom is 0.130 e. The molecule has 1 aromatic rings. The Morgan fingerprint density at radius 1 is 1.47 bits per heavy atom. The van der Waals surface area contributed by atoms with E-state index in [4.69, 9.17) is 0 Å². The molecule has 2 heterocycles. The summed E-state index contributed by atoms with van der Waals surface area (Å²) in [6.07, 6.45) is 5.70. The Hall–Kier alpha value is -1.09. The third kappa shape index (κ3) is 3.69. The number of hydrogen-bond donors (Lipinski definition) is 1. The third-order valence-electron chi connectivity index (χ3n) is 3.75. The van der Waals surface area contributed by atoms with E-state index in [9.17, 15) is 0 Å². The normalized spacial score (nSPS) is 20.1. The molecule has 0 aliphatic carbocycles. The summed E-state index contributed by atoms with van der Waals surface area (Å²) in [5.41, 5.74) is 1.38. The van der Waals surface area contributed by atoms with Crippen molar-refractivity contribution in [3.8, 4) is 0 Å². The van der Waals surface area contributed by atoms with E-state index in [0.717, 1.165) is 12.4 Å². The molecule has 106 valence electrons. The second kappa shape index (κ2) is 6.90. The van der Waals surface area contributed by atoms with Crippen LogP contribution in [0.25, 0.3) is 0 Å². The molecule has 2 rings (SSSR count). The van der Waals surface area contributed by atoms with Gasteiger partial charge in [-0.25, -0.2) is 4.98 Å². The Balaban J connectivity index is 2.14. The van der Waals surface area contributed by atoms with Gasteiger partial charge in [0.15, 0.2) is 0 Å². The van der Waals surface area contributed by atoms with Crippen LogP contribution >= 0.6 is 0 Å². The lowest BCUT2D eigenvalue weighted by molar-refractivity contribution is 0.258. The average Bonchev–Trinajstić information content (AvgIpc) is 2.85. The van der Waals surface area contributed by atoms with Crippen LogP contribution in [-0.4, -0.2) is 29.5 Å². The molecule has 1 aliphatic rings. The van der Waals surface area contributed by atoms with Gasteiger partial charge in [0, 0.05) is 24.3 Å². The molecule has 3 heteroatoms. The van der Waals surface area contributed by atoms with Gasteiger partial charge in [0.25, 0.3) is 0 Å². The van der Waals surface area contributed by atoms with Crippen molar-refractivity contribution in [1.29, 1.82) is 0 Å². The first-order valence-electron chi connectivity index (χ1n) is 7.65. The van der Waals surface area contributed by atoms with Crippen LogP contribution in [0.1, 0.15) is 51.6 Å². The minimum Gasteiger partial charge on any atom is -0.370 e. The molecule has 1 saturated heterocycles. The highest BCUT2D eigenvalue weighted by Gasteiger charge is 2.27. The molecule has 0 amide bonds. The van der Waals surface area contributed by atoms with E-state index in [-0.39, 0.29) is 0 Å². The van der Waals surface area contributed by atoms with Gasteiger partial charge in [-0.2, -0.15) is 0 Å². The van der Waals surface area contributed by atoms with Crippen molar-refractivity contribution >= 4 is 5.82 Å². The standard InChI is InChI=1S/C16H27N3/c1-4-10-19-11-6-8-15(19)14-7-5-9-17-16(14)18-12-13(2)3/h5,7,9,13,15H,4,6,8,10-12H2,1-3H3,(H,17,18)/t15-/m1/s1. The predicted octanol–water partition coefficient (Wildman–Crippen LogP) is 3.70. The third-order valence-corrected chi connectivity index (χ3v) is 3.75. The minimum atomic E-state index is 0.559. The number of nitrogens with zero attached hydrogens (tertiary/aromatic N) is 2. The Bertz CT molecular complexity index is 389. The Morgan fingerprint density at radius 3 is 3.05 bits per heavy atom. The molecule has 0 aromatic carbocycles. The first-order valence-corrected chi connectivity index (χ1v) is 7.65. The fourth-order valence-corrected chi connectivity index (χ4v) is 2.87. The van der Waals surface area contributed by atoms with Gasteiger partial charge >= 0.3 is 0 Å². The van der Waals surface area contributed by atoms with Crippen molar-refractivity contribution < 1.29 is 0 Å². The van der Waals surface area contributed by atoms with Gasteiger partial charge in [-0.3, -0.25) is 4.90 Å². The van der Waals surface area contributed by atoms with E-state index < -0.39 is 0 Å². The number of likely N-dealkylation sites (tertiary alicyclic amines) is 1. The summed E-state index contributed by atoms with van der Waals surface area (Å²) in [4.78, 5) is 7.16. The van der Waals surface area contributed by atoms with E-state index in [2.05, 4.69) is 48.1 Å². The van der Waals surface area contributed by atoms with Gasteiger partial charge in [-0.05, 0) is 44.3 Å². The number of hydrogen-bond acceptors (Lipinski definition) is 3. The smallest absolute Gasteiger partial charge is 0.130 e. The molecule has 1 N–H and O–H groups in total. The fourth-order valence-electron chi connectivity index (χ4n) is 2.87. The van der Waals surface area contributed by atoms with Crippen molar-refractivity contribution in [3.63, 3.8) is 0 Å². The zero-order valence-electron chi connectivity index (χ0n) is 12.5. The molecule has 0 bridgehead atoms. The summed E-state index contributed by atoms with van der Waals surface area (Å²) in [5, 5.41) is 3.51. The van der Waals surface area contributed by atoms with Crippen LogP contribution in [0.15, 0.2) is 18.3 Å². The highest BCUT2D eigenvalue weighted by molar-refractivity contribution is 5.46. The molecular formula is C16H27N3. The van der Waals surface area contributed by atoms with E-state index in [1.165, 1.54) is 37.9 Å². The highest BCUT2D eigenvalue weighted by atomic mass is 15.2. The quantitative estimate of drug-likeness (QED) is 0.846. The Kier molecular flexibility index (Phi) is 5.20. The molecule has 1 aromatic heterocycles. The lowest BCUT2D eigenvalue weighted by atomic mass is 10.0. The van der Waals surface area contributed by atoms with Crippen molar-refractivity contribution in [2.75, 3.05) is 25.0 Å². The van der Waals surface area contributed by atoms with E-state index in [1.54, 1.807) is 0 Å². The molecular weight excluding hydrogens is 234 g/mol. The fraction of sp³-hybridized carbons (Fsp3) is 0.688. The summed E-state index contributed by atoms with van der Waals surface area (Å²) in [6, 6.07) is 4.87. The first-order chi connectivity index (χ1) is 9.22. The van der Waals surface area contributed by atoms with Crippen LogP contribution in [0.2, 0.25) is 0 Å². The van der Waals surface area contributed by atoms with E-state index >= 15 is 0 Å². The van der Waals surface area contributed by atoms with Gasteiger partial charge in [0.1, 0.15) is 5.82 Å². The van der Waals surface area contributed by atoms with Gasteiger partial charge in [-0.1, -0.05) is 26.8 Å². The maximum atomic E-state index is 4.55. The second-order valence-electron chi connectivity index (χ2n) is 5.91. The molecule has 0 spiro atoms. The average molecular weight is 261 g/mol. The lowest BCUT2D eigenvalue weighted by Gasteiger charge is -2.26. The summed E-state index contributed by atoms with van der Waals surface area (Å²) in [7, 11) is 0. The zero-order valence-corrected chi connectivity index (χ0v) is 12.5. The van der Waals surface area contributed by atoms with Gasteiger partial charge in [-0.15, -0.1) is 0 Å². The van der Waals surface area contributed by atoms with E-state index in [1.807, 2.05) is 6.20 Å². The largest absolute Gasteiger partial charge is 0.370 e. The maximum absolute atomic E-state index is 4.55. The van der Waals surface area contributed by atoms with E-state index in [0.29, 0.717) is 12.0 Å². The molecule has 1 aliphatic heterocycles. The number of anilines is 1. The number of aromatic nitrogens is 1. The number of pyridine rings is 1. The van der Waals surface area contributed by atoms with Crippen LogP contribution in [0, 0.1) is 5.92 Å². The molecule has 19 heavy (non-hydrogen) atoms. The van der Waals surface area contributed by atoms with Crippen molar-refractivity contribution in [2.45, 2.75) is 46.1 Å². The van der Waals surface area contributed by atoms with Crippen LogP contribution in [0.5, 0.6) is 0 Å². The SMILES string of the molecule is CCCN1CCC[C@@H]1c1cccnc1NCC(C)C. The zero-order chi connectivity index (χ0) is 13.7. The molecule has 0 radical (unpaired) electrons. The monoisotopic (exact) mass is 261 g/mol. The number of rotatable bonds is 6. The minimum absolute atomic E-state index is 0.559. The van der Waals surface area contributed by atoms with Crippen LogP contribution in [-0.2, 0) is 0 Å². The van der Waals surface area contributed by atoms with Gasteiger partial charge in [0.2, 0.25) is 0 Å². The van der Waals surface area contributed by atoms with Gasteiger partial charge in [0.05, 0.1) is 0 Å². The highest BCUT2D eigenvalue weighted by Crippen LogP contribution is 2.34. The summed E-state index contributed by atoms with van der Waals surface area (Å²) < 4.78 is 0. The molecule has 1 atom stereocenters. The van der Waals surface area contributed by atoms with Crippen LogP contribution in [0.4, 0.5) is 5.82 Å². The van der Waals surface area contributed by atoms with Crippen molar-refractivity contribution in [1.82, 2.24) is 9.88 Å². The second-order valence-corrected chi connectivity index (χ2v) is 5.91. The number of nitrogens with one attached hydrogen (secondary N) is 1. The molecule has 3 nitrogen and oxygen atoms in total. The molecule has 0 unspecified atom stereocenters. The summed E-state index contributed by atoms with van der Waals surface area (Å²) in [5.74, 6) is 1.73. The molecule has 0 saturated carbocycles. The van der Waals surface area contributed by atoms with Crippen molar-refractivity contribution in [3.05, 3.63) is 23.9 Å². The summed E-state index contributed by atoms with van der Waals surface area (Å²) in [6.45, 7) is 10.1. The van der Waals surface area contributed by atoms with Crippen LogP contribution in [0.3, 0.4) is 0 Å². The van der Waals surface area contributed by atoms with Crippen molar-refractivity contribution in [2.24, 2.45) is 5.92 Å². The molecule has 1 fully saturated rings. The predicted molar refractivity (Wildman–Crippen MR) is 81.4 cm³/mol. The Labute approximate surface area is 117 Å².